The second-order valence-corrected chi connectivity index (χ2v) is 10.1. The Hall–Kier alpha value is -3.80. The van der Waals surface area contributed by atoms with E-state index in [0.29, 0.717) is 25.3 Å². The van der Waals surface area contributed by atoms with Crippen molar-refractivity contribution in [1.82, 2.24) is 4.90 Å². The Morgan fingerprint density at radius 3 is 2.16 bits per heavy atom. The molecule has 3 aromatic carbocycles. The van der Waals surface area contributed by atoms with Gasteiger partial charge in [0.15, 0.2) is 6.10 Å². The molecular formula is C32H38N2O4. The molecule has 1 amide bonds. The summed E-state index contributed by atoms with van der Waals surface area (Å²) < 4.78 is 17.7. The van der Waals surface area contributed by atoms with Crippen molar-refractivity contribution in [2.24, 2.45) is 4.99 Å². The van der Waals surface area contributed by atoms with Crippen molar-refractivity contribution in [2.75, 3.05) is 13.7 Å². The molecule has 1 aliphatic heterocycles. The highest BCUT2D eigenvalue weighted by atomic mass is 16.6. The van der Waals surface area contributed by atoms with Crippen LogP contribution in [0.3, 0.4) is 0 Å². The van der Waals surface area contributed by atoms with Crippen LogP contribution in [0.25, 0.3) is 0 Å². The van der Waals surface area contributed by atoms with Gasteiger partial charge in [-0.15, -0.1) is 0 Å². The molecule has 0 saturated heterocycles. The number of ether oxygens (including phenoxy) is 3. The molecule has 1 heterocycles. The number of hydrogen-bond acceptors (Lipinski definition) is 5. The molecule has 0 fully saturated rings. The quantitative estimate of drug-likeness (QED) is 0.270. The molecule has 3 aromatic rings. The van der Waals surface area contributed by atoms with E-state index in [1.54, 1.807) is 12.0 Å². The Balaban J connectivity index is 1.50. The molecule has 6 nitrogen and oxygen atoms in total. The number of methoxy groups -OCH3 is 1. The fraction of sp³-hybridized carbons (Fsp3) is 0.375. The molecule has 0 aromatic heterocycles. The monoisotopic (exact) mass is 514 g/mol. The first kappa shape index (κ1) is 27.2. The van der Waals surface area contributed by atoms with Gasteiger partial charge in [0.2, 0.25) is 5.90 Å². The molecule has 6 heteroatoms. The van der Waals surface area contributed by atoms with Gasteiger partial charge in [-0.3, -0.25) is 0 Å². The Kier molecular flexibility index (Phi) is 9.06. The van der Waals surface area contributed by atoms with Gasteiger partial charge >= 0.3 is 6.09 Å². The van der Waals surface area contributed by atoms with Gasteiger partial charge in [-0.05, 0) is 75.4 Å². The summed E-state index contributed by atoms with van der Waals surface area (Å²) in [5.74, 6) is 1.41. The van der Waals surface area contributed by atoms with Crippen LogP contribution >= 0.6 is 0 Å². The predicted molar refractivity (Wildman–Crippen MR) is 151 cm³/mol. The minimum absolute atomic E-state index is 0.0888. The second kappa shape index (κ2) is 12.6. The van der Waals surface area contributed by atoms with Gasteiger partial charge in [-0.2, -0.15) is 0 Å². The van der Waals surface area contributed by atoms with Crippen LogP contribution in [0.5, 0.6) is 5.75 Å². The van der Waals surface area contributed by atoms with Gasteiger partial charge in [0.25, 0.3) is 0 Å². The Bertz CT molecular complexity index is 1220. The second-order valence-electron chi connectivity index (χ2n) is 10.1. The van der Waals surface area contributed by atoms with Gasteiger partial charge < -0.3 is 19.1 Å². The average Bonchev–Trinajstić information content (AvgIpc) is 3.37. The standard InChI is InChI=1S/C32H38N2O4/c1-22(2)34(23(3)4)32(35)37-20-12-17-26-21-27(18-19-28(26)36-5)31-33-29(24-13-8-6-9-14-24)30(38-31)25-15-10-7-11-16-25/h6-11,13-16,18-19,21-23,29-30H,12,17,20H2,1-5H3/t29-,30-/m1/s1. The van der Waals surface area contributed by atoms with E-state index in [4.69, 9.17) is 19.2 Å². The lowest BCUT2D eigenvalue weighted by Crippen LogP contribution is -2.42. The number of nitrogens with zero attached hydrogens (tertiary/aromatic N) is 2. The first-order valence-electron chi connectivity index (χ1n) is 13.4. The summed E-state index contributed by atoms with van der Waals surface area (Å²) in [6.45, 7) is 8.32. The van der Waals surface area contributed by atoms with Crippen molar-refractivity contribution >= 4 is 12.0 Å². The highest BCUT2D eigenvalue weighted by molar-refractivity contribution is 5.96. The Labute approximate surface area is 226 Å². The van der Waals surface area contributed by atoms with E-state index in [1.807, 2.05) is 76.2 Å². The molecule has 0 spiro atoms. The van der Waals surface area contributed by atoms with Crippen LogP contribution in [-0.4, -0.2) is 42.7 Å². The van der Waals surface area contributed by atoms with Gasteiger partial charge in [0.05, 0.1) is 13.7 Å². The SMILES string of the molecule is COc1ccc(C2=N[C@H](c3ccccc3)[C@@H](c3ccccc3)O2)cc1CCCOC(=O)N(C(C)C)C(C)C. The Morgan fingerprint density at radius 1 is 0.921 bits per heavy atom. The van der Waals surface area contributed by atoms with E-state index in [-0.39, 0.29) is 30.3 Å². The lowest BCUT2D eigenvalue weighted by molar-refractivity contribution is 0.0784. The van der Waals surface area contributed by atoms with Crippen LogP contribution in [0.15, 0.2) is 83.9 Å². The molecule has 200 valence electrons. The maximum Gasteiger partial charge on any atom is 0.410 e. The largest absolute Gasteiger partial charge is 0.496 e. The van der Waals surface area contributed by atoms with Crippen molar-refractivity contribution in [2.45, 2.75) is 64.8 Å². The van der Waals surface area contributed by atoms with Crippen molar-refractivity contribution in [1.29, 1.82) is 0 Å². The van der Waals surface area contributed by atoms with Crippen LogP contribution < -0.4 is 4.74 Å². The molecule has 38 heavy (non-hydrogen) atoms. The summed E-state index contributed by atoms with van der Waals surface area (Å²) in [7, 11) is 1.67. The number of benzene rings is 3. The lowest BCUT2D eigenvalue weighted by atomic mass is 9.97. The van der Waals surface area contributed by atoms with Crippen LogP contribution in [0, 0.1) is 0 Å². The van der Waals surface area contributed by atoms with Crippen molar-refractivity contribution in [3.63, 3.8) is 0 Å². The zero-order valence-corrected chi connectivity index (χ0v) is 23.0. The van der Waals surface area contributed by atoms with Crippen LogP contribution in [0.1, 0.15) is 68.5 Å². The molecule has 2 atom stereocenters. The smallest absolute Gasteiger partial charge is 0.410 e. The molecular weight excluding hydrogens is 476 g/mol. The van der Waals surface area contributed by atoms with Crippen LogP contribution in [-0.2, 0) is 15.9 Å². The van der Waals surface area contributed by atoms with E-state index < -0.39 is 0 Å². The maximum atomic E-state index is 12.5. The van der Waals surface area contributed by atoms with E-state index in [9.17, 15) is 4.79 Å². The number of carbonyl (C=O) groups is 1. The molecule has 0 radical (unpaired) electrons. The normalized spacial score (nSPS) is 16.8. The topological polar surface area (TPSA) is 60.4 Å². The summed E-state index contributed by atoms with van der Waals surface area (Å²) in [6, 6.07) is 26.5. The molecule has 0 unspecified atom stereocenters. The summed E-state index contributed by atoms with van der Waals surface area (Å²) >= 11 is 0. The molecule has 0 saturated carbocycles. The fourth-order valence-electron chi connectivity index (χ4n) is 4.97. The van der Waals surface area contributed by atoms with Crippen molar-refractivity contribution in [3.05, 3.63) is 101 Å². The zero-order chi connectivity index (χ0) is 27.1. The summed E-state index contributed by atoms with van der Waals surface area (Å²) in [6.07, 6.45) is 0.902. The van der Waals surface area contributed by atoms with E-state index in [1.165, 1.54) is 0 Å². The molecule has 0 N–H and O–H groups in total. The highest BCUT2D eigenvalue weighted by Gasteiger charge is 2.34. The number of aryl methyl sites for hydroxylation is 1. The first-order chi connectivity index (χ1) is 18.4. The van der Waals surface area contributed by atoms with Gasteiger partial charge in [-0.1, -0.05) is 60.7 Å². The summed E-state index contributed by atoms with van der Waals surface area (Å²) in [5.41, 5.74) is 4.13. The maximum absolute atomic E-state index is 12.5. The minimum Gasteiger partial charge on any atom is -0.496 e. The van der Waals surface area contributed by atoms with E-state index in [0.717, 1.165) is 28.0 Å². The number of carbonyl (C=O) groups excluding carboxylic acids is 1. The number of hydrogen-bond donors (Lipinski definition) is 0. The van der Waals surface area contributed by atoms with Crippen LogP contribution in [0.4, 0.5) is 4.79 Å². The third-order valence-electron chi connectivity index (χ3n) is 6.72. The van der Waals surface area contributed by atoms with E-state index >= 15 is 0 Å². The Morgan fingerprint density at radius 2 is 1.55 bits per heavy atom. The molecule has 1 aliphatic rings. The van der Waals surface area contributed by atoms with Gasteiger partial charge in [-0.25, -0.2) is 9.79 Å². The predicted octanol–water partition coefficient (Wildman–Crippen LogP) is 7.14. The minimum atomic E-state index is -0.275. The molecule has 4 rings (SSSR count). The van der Waals surface area contributed by atoms with Crippen molar-refractivity contribution < 1.29 is 19.0 Å². The number of amides is 1. The fourth-order valence-corrected chi connectivity index (χ4v) is 4.97. The summed E-state index contributed by atoms with van der Waals surface area (Å²) in [5, 5.41) is 0. The van der Waals surface area contributed by atoms with E-state index in [2.05, 4.69) is 30.3 Å². The third kappa shape index (κ3) is 6.36. The first-order valence-corrected chi connectivity index (χ1v) is 13.4. The third-order valence-corrected chi connectivity index (χ3v) is 6.72. The number of aliphatic imine (C=N–C) groups is 1. The lowest BCUT2D eigenvalue weighted by Gasteiger charge is -2.29. The van der Waals surface area contributed by atoms with Gasteiger partial charge in [0, 0.05) is 17.6 Å². The van der Waals surface area contributed by atoms with Crippen molar-refractivity contribution in [3.8, 4) is 5.75 Å². The van der Waals surface area contributed by atoms with Crippen LogP contribution in [0.2, 0.25) is 0 Å². The summed E-state index contributed by atoms with van der Waals surface area (Å²) in [4.78, 5) is 19.3. The molecule has 0 bridgehead atoms. The van der Waals surface area contributed by atoms with Gasteiger partial charge in [0.1, 0.15) is 11.8 Å². The average molecular weight is 515 g/mol. The highest BCUT2D eigenvalue weighted by Crippen LogP contribution is 2.41. The molecule has 0 aliphatic carbocycles. The number of rotatable bonds is 10. The zero-order valence-electron chi connectivity index (χ0n) is 23.0.